The van der Waals surface area contributed by atoms with Gasteiger partial charge in [-0.2, -0.15) is 0 Å². The van der Waals surface area contributed by atoms with Gasteiger partial charge in [-0.05, 0) is 38.6 Å². The Morgan fingerprint density at radius 3 is 2.57 bits per heavy atom. The molecule has 1 atom stereocenters. The highest BCUT2D eigenvalue weighted by atomic mass is 32.1. The molecule has 0 spiro atoms. The van der Waals surface area contributed by atoms with E-state index in [1.165, 1.54) is 18.4 Å². The molecule has 1 unspecified atom stereocenters. The van der Waals surface area contributed by atoms with Crippen LogP contribution in [0.25, 0.3) is 0 Å². The van der Waals surface area contributed by atoms with Gasteiger partial charge < -0.3 is 15.0 Å². The molecule has 21 heavy (non-hydrogen) atoms. The van der Waals surface area contributed by atoms with Gasteiger partial charge in [0.2, 0.25) is 0 Å². The van der Waals surface area contributed by atoms with Crippen LogP contribution in [0.5, 0.6) is 0 Å². The quantitative estimate of drug-likeness (QED) is 0.712. The maximum absolute atomic E-state index is 11.2. The van der Waals surface area contributed by atoms with Crippen LogP contribution in [0.4, 0.5) is 0 Å². The zero-order valence-corrected chi connectivity index (χ0v) is 14.6. The summed E-state index contributed by atoms with van der Waals surface area (Å²) in [6.45, 7) is 6.35. The monoisotopic (exact) mass is 312 g/mol. The van der Waals surface area contributed by atoms with Crippen molar-refractivity contribution in [3.8, 4) is 0 Å². The Hall–Kier alpha value is -0.910. The molecule has 0 saturated heterocycles. The number of carbonyl (C=O) groups is 1. The normalized spacial score (nSPS) is 12.9. The van der Waals surface area contributed by atoms with Gasteiger partial charge in [-0.1, -0.05) is 13.8 Å². The predicted molar refractivity (Wildman–Crippen MR) is 88.7 cm³/mol. The number of esters is 1. The molecular formula is C16H28N2O2S. The fourth-order valence-corrected chi connectivity index (χ4v) is 3.18. The largest absolute Gasteiger partial charge is 0.469 e. The minimum absolute atomic E-state index is 0.180. The first-order valence-electron chi connectivity index (χ1n) is 7.44. The summed E-state index contributed by atoms with van der Waals surface area (Å²) in [7, 11) is 5.69. The van der Waals surface area contributed by atoms with E-state index in [-0.39, 0.29) is 5.97 Å². The molecule has 0 aliphatic rings. The lowest BCUT2D eigenvalue weighted by molar-refractivity contribution is -0.139. The minimum atomic E-state index is -0.180. The number of likely N-dealkylation sites (N-methyl/N-ethyl adjacent to an activating group) is 1. The summed E-state index contributed by atoms with van der Waals surface area (Å²) >= 11 is 1.67. The second-order valence-electron chi connectivity index (χ2n) is 6.00. The van der Waals surface area contributed by atoms with E-state index in [1.54, 1.807) is 11.3 Å². The Labute approximate surface area is 132 Å². The molecule has 0 bridgehead atoms. The summed E-state index contributed by atoms with van der Waals surface area (Å²) < 4.78 is 4.69. The van der Waals surface area contributed by atoms with E-state index >= 15 is 0 Å². The second kappa shape index (κ2) is 9.18. The van der Waals surface area contributed by atoms with E-state index in [2.05, 4.69) is 49.0 Å². The van der Waals surface area contributed by atoms with E-state index in [4.69, 9.17) is 0 Å². The maximum Gasteiger partial charge on any atom is 0.310 e. The van der Waals surface area contributed by atoms with Crippen LogP contribution in [0.2, 0.25) is 0 Å². The standard InChI is InChI=1S/C16H28N2O2S/c1-12(2)8-13(18(3)4)10-17-11-15-7-6-14(21-15)9-16(19)20-5/h6-7,12-13,17H,8-11H2,1-5H3. The van der Waals surface area contributed by atoms with E-state index in [0.717, 1.165) is 18.0 Å². The highest BCUT2D eigenvalue weighted by molar-refractivity contribution is 7.12. The summed E-state index contributed by atoms with van der Waals surface area (Å²) in [6.07, 6.45) is 1.56. The molecule has 4 nitrogen and oxygen atoms in total. The summed E-state index contributed by atoms with van der Waals surface area (Å²) in [5, 5.41) is 3.52. The molecule has 120 valence electrons. The second-order valence-corrected chi connectivity index (χ2v) is 7.25. The molecule has 1 aromatic heterocycles. The van der Waals surface area contributed by atoms with Crippen molar-refractivity contribution in [2.45, 2.75) is 39.3 Å². The average molecular weight is 312 g/mol. The maximum atomic E-state index is 11.2. The van der Waals surface area contributed by atoms with Gasteiger partial charge in [0.05, 0.1) is 13.5 Å². The lowest BCUT2D eigenvalue weighted by Gasteiger charge is -2.26. The van der Waals surface area contributed by atoms with Gasteiger partial charge in [0.25, 0.3) is 0 Å². The first-order chi connectivity index (χ1) is 9.92. The molecule has 0 saturated carbocycles. The van der Waals surface area contributed by atoms with E-state index < -0.39 is 0 Å². The molecule has 0 aliphatic carbocycles. The minimum Gasteiger partial charge on any atom is -0.469 e. The number of methoxy groups -OCH3 is 1. The number of ether oxygens (including phenoxy) is 1. The highest BCUT2D eigenvalue weighted by Gasteiger charge is 2.13. The number of rotatable bonds is 9. The van der Waals surface area contributed by atoms with Crippen LogP contribution in [0, 0.1) is 5.92 Å². The summed E-state index contributed by atoms with van der Waals surface area (Å²) in [5.74, 6) is 0.522. The van der Waals surface area contributed by atoms with Crippen molar-refractivity contribution < 1.29 is 9.53 Å². The predicted octanol–water partition coefficient (Wildman–Crippen LogP) is 2.53. The molecule has 1 rings (SSSR count). The molecule has 1 N–H and O–H groups in total. The Morgan fingerprint density at radius 1 is 1.33 bits per heavy atom. The SMILES string of the molecule is COC(=O)Cc1ccc(CNCC(CC(C)C)N(C)C)s1. The zero-order chi connectivity index (χ0) is 15.8. The number of hydrogen-bond donors (Lipinski definition) is 1. The molecule has 0 aromatic carbocycles. The lowest BCUT2D eigenvalue weighted by Crippen LogP contribution is -2.38. The Morgan fingerprint density at radius 2 is 2.00 bits per heavy atom. The number of thiophene rings is 1. The van der Waals surface area contributed by atoms with Gasteiger partial charge in [0.15, 0.2) is 0 Å². The third-order valence-electron chi connectivity index (χ3n) is 3.42. The van der Waals surface area contributed by atoms with Crippen molar-refractivity contribution in [3.05, 3.63) is 21.9 Å². The first-order valence-corrected chi connectivity index (χ1v) is 8.25. The van der Waals surface area contributed by atoms with Crippen molar-refractivity contribution >= 4 is 17.3 Å². The summed E-state index contributed by atoms with van der Waals surface area (Å²) in [5.41, 5.74) is 0. The highest BCUT2D eigenvalue weighted by Crippen LogP contribution is 2.17. The van der Waals surface area contributed by atoms with Crippen molar-refractivity contribution in [1.82, 2.24) is 10.2 Å². The van der Waals surface area contributed by atoms with Crippen molar-refractivity contribution in [2.75, 3.05) is 27.7 Å². The van der Waals surface area contributed by atoms with Gasteiger partial charge in [0.1, 0.15) is 0 Å². The molecule has 0 amide bonds. The molecule has 0 aliphatic heterocycles. The Balaban J connectivity index is 2.39. The molecule has 1 aromatic rings. The molecule has 5 heteroatoms. The number of nitrogens with zero attached hydrogens (tertiary/aromatic N) is 1. The summed E-state index contributed by atoms with van der Waals surface area (Å²) in [6, 6.07) is 4.65. The molecule has 0 radical (unpaired) electrons. The van der Waals surface area contributed by atoms with Gasteiger partial charge in [0, 0.05) is 28.9 Å². The fourth-order valence-electron chi connectivity index (χ4n) is 2.21. The summed E-state index contributed by atoms with van der Waals surface area (Å²) in [4.78, 5) is 15.8. The Bertz CT molecular complexity index is 430. The average Bonchev–Trinajstić information content (AvgIpc) is 2.84. The molecule has 1 heterocycles. The van der Waals surface area contributed by atoms with Gasteiger partial charge >= 0.3 is 5.97 Å². The van der Waals surface area contributed by atoms with Crippen LogP contribution in [0.15, 0.2) is 12.1 Å². The van der Waals surface area contributed by atoms with Crippen molar-refractivity contribution in [3.63, 3.8) is 0 Å². The van der Waals surface area contributed by atoms with Crippen LogP contribution in [0.1, 0.15) is 30.0 Å². The third kappa shape index (κ3) is 7.07. The lowest BCUT2D eigenvalue weighted by atomic mass is 10.0. The molecule has 0 fully saturated rings. The number of carbonyl (C=O) groups excluding carboxylic acids is 1. The van der Waals surface area contributed by atoms with Crippen LogP contribution in [-0.2, 0) is 22.5 Å². The van der Waals surface area contributed by atoms with Gasteiger partial charge in [-0.15, -0.1) is 11.3 Å². The van der Waals surface area contributed by atoms with Crippen LogP contribution in [0.3, 0.4) is 0 Å². The fraction of sp³-hybridized carbons (Fsp3) is 0.688. The van der Waals surface area contributed by atoms with Crippen LogP contribution >= 0.6 is 11.3 Å². The Kier molecular flexibility index (Phi) is 7.93. The van der Waals surface area contributed by atoms with Crippen molar-refractivity contribution in [2.24, 2.45) is 5.92 Å². The number of hydrogen-bond acceptors (Lipinski definition) is 5. The number of nitrogens with one attached hydrogen (secondary N) is 1. The van der Waals surface area contributed by atoms with E-state index in [1.807, 2.05) is 6.07 Å². The van der Waals surface area contributed by atoms with Crippen LogP contribution < -0.4 is 5.32 Å². The third-order valence-corrected chi connectivity index (χ3v) is 4.50. The van der Waals surface area contributed by atoms with E-state index in [9.17, 15) is 4.79 Å². The topological polar surface area (TPSA) is 41.6 Å². The van der Waals surface area contributed by atoms with E-state index in [0.29, 0.717) is 18.4 Å². The van der Waals surface area contributed by atoms with Gasteiger partial charge in [-0.25, -0.2) is 0 Å². The first kappa shape index (κ1) is 18.1. The van der Waals surface area contributed by atoms with Crippen molar-refractivity contribution in [1.29, 1.82) is 0 Å². The molecular weight excluding hydrogens is 284 g/mol. The smallest absolute Gasteiger partial charge is 0.310 e. The van der Waals surface area contributed by atoms with Gasteiger partial charge in [-0.3, -0.25) is 4.79 Å². The zero-order valence-electron chi connectivity index (χ0n) is 13.8. The van der Waals surface area contributed by atoms with Crippen LogP contribution in [-0.4, -0.2) is 44.7 Å².